The van der Waals surface area contributed by atoms with Crippen molar-refractivity contribution < 1.29 is 14.3 Å². The molecule has 0 radical (unpaired) electrons. The molecular formula is C15H16ClNO3. The van der Waals surface area contributed by atoms with Crippen molar-refractivity contribution in [3.8, 4) is 0 Å². The Bertz CT molecular complexity index is 579. The average molecular weight is 294 g/mol. The van der Waals surface area contributed by atoms with E-state index in [1.165, 1.54) is 0 Å². The van der Waals surface area contributed by atoms with E-state index in [4.69, 9.17) is 16.0 Å². The van der Waals surface area contributed by atoms with Crippen LogP contribution in [0, 0.1) is 0 Å². The van der Waals surface area contributed by atoms with E-state index in [-0.39, 0.29) is 12.5 Å². The van der Waals surface area contributed by atoms with Gasteiger partial charge in [-0.1, -0.05) is 17.7 Å². The van der Waals surface area contributed by atoms with Crippen LogP contribution in [0.5, 0.6) is 0 Å². The molecule has 0 saturated heterocycles. The van der Waals surface area contributed by atoms with E-state index in [0.717, 1.165) is 0 Å². The molecule has 1 aromatic carbocycles. The average Bonchev–Trinajstić information content (AvgIpc) is 2.88. The van der Waals surface area contributed by atoms with E-state index in [1.54, 1.807) is 49.6 Å². The number of nitrogens with one attached hydrogen (secondary N) is 1. The summed E-state index contributed by atoms with van der Waals surface area (Å²) >= 11 is 5.83. The topological polar surface area (TPSA) is 62.5 Å². The molecule has 0 aliphatic rings. The lowest BCUT2D eigenvalue weighted by Gasteiger charge is -2.22. The van der Waals surface area contributed by atoms with Gasteiger partial charge in [-0.15, -0.1) is 0 Å². The molecule has 1 heterocycles. The Morgan fingerprint density at radius 2 is 2.20 bits per heavy atom. The van der Waals surface area contributed by atoms with Crippen LogP contribution >= 0.6 is 11.6 Å². The number of halogens is 1. The van der Waals surface area contributed by atoms with Crippen molar-refractivity contribution in [3.63, 3.8) is 0 Å². The van der Waals surface area contributed by atoms with Crippen LogP contribution in [0.3, 0.4) is 0 Å². The van der Waals surface area contributed by atoms with Gasteiger partial charge in [-0.25, -0.2) is 0 Å². The molecule has 2 rings (SSSR count). The molecule has 1 atom stereocenters. The molecule has 0 fully saturated rings. The molecule has 1 unspecified atom stereocenters. The zero-order valence-corrected chi connectivity index (χ0v) is 11.9. The highest BCUT2D eigenvalue weighted by Gasteiger charge is 2.23. The first kappa shape index (κ1) is 14.6. The van der Waals surface area contributed by atoms with Crippen LogP contribution in [0.2, 0.25) is 5.02 Å². The Hall–Kier alpha value is -1.78. The number of aliphatic hydroxyl groups is 1. The maximum Gasteiger partial charge on any atom is 0.251 e. The highest BCUT2D eigenvalue weighted by molar-refractivity contribution is 6.30. The minimum absolute atomic E-state index is 0.124. The molecule has 4 nitrogen and oxygen atoms in total. The molecular weight excluding hydrogens is 278 g/mol. The van der Waals surface area contributed by atoms with Crippen molar-refractivity contribution in [2.45, 2.75) is 18.9 Å². The summed E-state index contributed by atoms with van der Waals surface area (Å²) in [6, 6.07) is 10.2. The Labute approximate surface area is 122 Å². The van der Waals surface area contributed by atoms with Crippen molar-refractivity contribution in [2.75, 3.05) is 6.54 Å². The summed E-state index contributed by atoms with van der Waals surface area (Å²) in [5.41, 5.74) is -0.613. The first-order valence-corrected chi connectivity index (χ1v) is 6.63. The Morgan fingerprint density at radius 1 is 1.40 bits per heavy atom. The molecule has 1 amide bonds. The zero-order chi connectivity index (χ0) is 14.6. The molecule has 0 spiro atoms. The summed E-state index contributed by atoms with van der Waals surface area (Å²) in [7, 11) is 0. The summed E-state index contributed by atoms with van der Waals surface area (Å²) < 4.78 is 5.19. The summed E-state index contributed by atoms with van der Waals surface area (Å²) in [4.78, 5) is 11.9. The van der Waals surface area contributed by atoms with Gasteiger partial charge in [0.2, 0.25) is 0 Å². The van der Waals surface area contributed by atoms with Crippen LogP contribution in [0.15, 0.2) is 47.1 Å². The second-order valence-corrected chi connectivity index (χ2v) is 5.38. The molecule has 5 heteroatoms. The Morgan fingerprint density at radius 3 is 2.85 bits per heavy atom. The molecule has 0 saturated carbocycles. The van der Waals surface area contributed by atoms with Gasteiger partial charge in [0.25, 0.3) is 5.91 Å². The lowest BCUT2D eigenvalue weighted by molar-refractivity contribution is 0.0510. The van der Waals surface area contributed by atoms with Crippen molar-refractivity contribution in [1.29, 1.82) is 0 Å². The normalized spacial score (nSPS) is 13.8. The SMILES string of the molecule is CC(O)(CNC(=O)c1cccc(Cl)c1)Cc1ccco1. The number of hydrogen-bond acceptors (Lipinski definition) is 3. The molecule has 20 heavy (non-hydrogen) atoms. The van der Waals surface area contributed by atoms with E-state index < -0.39 is 5.60 Å². The lowest BCUT2D eigenvalue weighted by atomic mass is 10.0. The third-order valence-corrected chi connectivity index (χ3v) is 3.09. The van der Waals surface area contributed by atoms with Crippen LogP contribution in [-0.2, 0) is 6.42 Å². The third kappa shape index (κ3) is 4.11. The molecule has 1 aromatic heterocycles. The van der Waals surface area contributed by atoms with Crippen LogP contribution in [-0.4, -0.2) is 23.2 Å². The van der Waals surface area contributed by atoms with E-state index in [0.29, 0.717) is 22.8 Å². The summed E-state index contributed by atoms with van der Waals surface area (Å²) in [6.45, 7) is 1.77. The first-order valence-electron chi connectivity index (χ1n) is 6.25. The number of furan rings is 1. The van der Waals surface area contributed by atoms with Crippen molar-refractivity contribution in [2.24, 2.45) is 0 Å². The van der Waals surface area contributed by atoms with Gasteiger partial charge in [0.1, 0.15) is 5.76 Å². The smallest absolute Gasteiger partial charge is 0.251 e. The van der Waals surface area contributed by atoms with E-state index in [2.05, 4.69) is 5.32 Å². The van der Waals surface area contributed by atoms with E-state index in [1.807, 2.05) is 0 Å². The second-order valence-electron chi connectivity index (χ2n) is 4.95. The van der Waals surface area contributed by atoms with Crippen LogP contribution < -0.4 is 5.32 Å². The predicted molar refractivity (Wildman–Crippen MR) is 76.8 cm³/mol. The molecule has 0 aliphatic carbocycles. The van der Waals surface area contributed by atoms with Gasteiger partial charge >= 0.3 is 0 Å². The maximum absolute atomic E-state index is 11.9. The molecule has 0 aliphatic heterocycles. The molecule has 0 bridgehead atoms. The van der Waals surface area contributed by atoms with Gasteiger partial charge in [0.05, 0.1) is 11.9 Å². The first-order chi connectivity index (χ1) is 9.46. The lowest BCUT2D eigenvalue weighted by Crippen LogP contribution is -2.42. The van der Waals surface area contributed by atoms with Crippen molar-refractivity contribution in [1.82, 2.24) is 5.32 Å². The molecule has 2 N–H and O–H groups in total. The largest absolute Gasteiger partial charge is 0.469 e. The summed E-state index contributed by atoms with van der Waals surface area (Å²) in [6.07, 6.45) is 1.88. The second kappa shape index (κ2) is 6.11. The van der Waals surface area contributed by atoms with E-state index >= 15 is 0 Å². The fourth-order valence-corrected chi connectivity index (χ4v) is 2.04. The number of carbonyl (C=O) groups is 1. The number of amides is 1. The van der Waals surface area contributed by atoms with Crippen molar-refractivity contribution in [3.05, 3.63) is 59.0 Å². The minimum atomic E-state index is -1.08. The van der Waals surface area contributed by atoms with Gasteiger partial charge in [-0.2, -0.15) is 0 Å². The van der Waals surface area contributed by atoms with Gasteiger partial charge in [-0.3, -0.25) is 4.79 Å². The van der Waals surface area contributed by atoms with Gasteiger partial charge < -0.3 is 14.8 Å². The van der Waals surface area contributed by atoms with Crippen LogP contribution in [0.4, 0.5) is 0 Å². The van der Waals surface area contributed by atoms with Gasteiger partial charge in [0, 0.05) is 23.6 Å². The highest BCUT2D eigenvalue weighted by Crippen LogP contribution is 2.14. The Kier molecular flexibility index (Phi) is 4.47. The van der Waals surface area contributed by atoms with Gasteiger partial charge in [0.15, 0.2) is 0 Å². The van der Waals surface area contributed by atoms with Gasteiger partial charge in [-0.05, 0) is 37.3 Å². The predicted octanol–water partition coefficient (Wildman–Crippen LogP) is 2.66. The number of carbonyl (C=O) groups excluding carboxylic acids is 1. The molecule has 106 valence electrons. The fraction of sp³-hybridized carbons (Fsp3) is 0.267. The van der Waals surface area contributed by atoms with Crippen molar-refractivity contribution >= 4 is 17.5 Å². The van der Waals surface area contributed by atoms with E-state index in [9.17, 15) is 9.90 Å². The highest BCUT2D eigenvalue weighted by atomic mass is 35.5. The minimum Gasteiger partial charge on any atom is -0.469 e. The summed E-state index contributed by atoms with van der Waals surface area (Å²) in [5, 5.41) is 13.4. The quantitative estimate of drug-likeness (QED) is 0.891. The standard InChI is InChI=1S/C15H16ClNO3/c1-15(19,9-13-6-3-7-20-13)10-17-14(18)11-4-2-5-12(16)8-11/h2-8,19H,9-10H2,1H3,(H,17,18). The number of rotatable bonds is 5. The van der Waals surface area contributed by atoms with Crippen LogP contribution in [0.1, 0.15) is 23.0 Å². The Balaban J connectivity index is 1.92. The maximum atomic E-state index is 11.9. The zero-order valence-electron chi connectivity index (χ0n) is 11.1. The third-order valence-electron chi connectivity index (χ3n) is 2.85. The summed E-state index contributed by atoms with van der Waals surface area (Å²) in [5.74, 6) is 0.402. The number of benzene rings is 1. The monoisotopic (exact) mass is 293 g/mol. The number of hydrogen-bond donors (Lipinski definition) is 2. The fourth-order valence-electron chi connectivity index (χ4n) is 1.85. The van der Waals surface area contributed by atoms with Crippen LogP contribution in [0.25, 0.3) is 0 Å². The molecule has 2 aromatic rings.